The number of nitrogens with one attached hydrogen (secondary N) is 1. The van der Waals surface area contributed by atoms with Crippen LogP contribution in [0.5, 0.6) is 0 Å². The van der Waals surface area contributed by atoms with Crippen LogP contribution in [-0.4, -0.2) is 64.6 Å². The van der Waals surface area contributed by atoms with Gasteiger partial charge in [-0.25, -0.2) is 9.37 Å². The van der Waals surface area contributed by atoms with Crippen LogP contribution in [0, 0.1) is 18.7 Å². The van der Waals surface area contributed by atoms with Crippen molar-refractivity contribution in [3.8, 4) is 0 Å². The number of amides is 2. The lowest BCUT2D eigenvalue weighted by Crippen LogP contribution is -2.51. The molecule has 1 atom stereocenters. The SMILES string of the molecule is Cc1ccc(Nc2ccc(N3CCN(C(=O)C4CC(=O)N(c5ccc(F)cc5)C4)CC3)nn2)nc1. The normalized spacial score (nSPS) is 18.2. The zero-order chi connectivity index (χ0) is 24.4. The number of aromatic nitrogens is 3. The van der Waals surface area contributed by atoms with Gasteiger partial charge in [0, 0.05) is 51.0 Å². The number of nitrogens with zero attached hydrogens (tertiary/aromatic N) is 6. The van der Waals surface area contributed by atoms with Gasteiger partial charge in [0.1, 0.15) is 11.6 Å². The molecule has 2 fully saturated rings. The molecule has 9 nitrogen and oxygen atoms in total. The van der Waals surface area contributed by atoms with E-state index in [4.69, 9.17) is 0 Å². The van der Waals surface area contributed by atoms with Crippen molar-refractivity contribution in [2.45, 2.75) is 13.3 Å². The topological polar surface area (TPSA) is 94.6 Å². The molecular formula is C25H26FN7O2. The predicted octanol–water partition coefficient (Wildman–Crippen LogP) is 2.76. The van der Waals surface area contributed by atoms with Gasteiger partial charge in [-0.2, -0.15) is 0 Å². The van der Waals surface area contributed by atoms with Crippen molar-refractivity contribution in [1.82, 2.24) is 20.1 Å². The Morgan fingerprint density at radius 1 is 0.971 bits per heavy atom. The van der Waals surface area contributed by atoms with E-state index in [-0.39, 0.29) is 30.0 Å². The molecule has 180 valence electrons. The van der Waals surface area contributed by atoms with Crippen molar-refractivity contribution < 1.29 is 14.0 Å². The number of aryl methyl sites for hydroxylation is 1. The van der Waals surface area contributed by atoms with Crippen LogP contribution in [0.4, 0.5) is 27.5 Å². The van der Waals surface area contributed by atoms with Gasteiger partial charge in [-0.1, -0.05) is 6.07 Å². The minimum absolute atomic E-state index is 0.0150. The van der Waals surface area contributed by atoms with E-state index in [0.717, 1.165) is 11.4 Å². The molecule has 1 unspecified atom stereocenters. The molecule has 1 aromatic carbocycles. The summed E-state index contributed by atoms with van der Waals surface area (Å²) >= 11 is 0. The fourth-order valence-corrected chi connectivity index (χ4v) is 4.39. The van der Waals surface area contributed by atoms with Gasteiger partial charge < -0.3 is 20.0 Å². The maximum Gasteiger partial charge on any atom is 0.228 e. The molecule has 0 radical (unpaired) electrons. The fraction of sp³-hybridized carbons (Fsp3) is 0.320. The lowest BCUT2D eigenvalue weighted by Gasteiger charge is -2.36. The number of carbonyl (C=O) groups is 2. The third-order valence-electron chi connectivity index (χ3n) is 6.35. The summed E-state index contributed by atoms with van der Waals surface area (Å²) in [6.07, 6.45) is 1.96. The van der Waals surface area contributed by atoms with Crippen molar-refractivity contribution in [2.24, 2.45) is 5.92 Å². The van der Waals surface area contributed by atoms with Gasteiger partial charge in [-0.15, -0.1) is 10.2 Å². The molecule has 3 aromatic rings. The minimum Gasteiger partial charge on any atom is -0.352 e. The molecule has 1 N–H and O–H groups in total. The van der Waals surface area contributed by atoms with Gasteiger partial charge in [-0.05, 0) is 55.0 Å². The molecular weight excluding hydrogens is 449 g/mol. The Bertz CT molecular complexity index is 1190. The molecule has 2 aliphatic rings. The average Bonchev–Trinajstić information content (AvgIpc) is 3.27. The van der Waals surface area contributed by atoms with Crippen LogP contribution in [0.1, 0.15) is 12.0 Å². The highest BCUT2D eigenvalue weighted by Gasteiger charge is 2.38. The van der Waals surface area contributed by atoms with Crippen LogP contribution < -0.4 is 15.1 Å². The Morgan fingerprint density at radius 3 is 2.37 bits per heavy atom. The van der Waals surface area contributed by atoms with Gasteiger partial charge >= 0.3 is 0 Å². The number of pyridine rings is 1. The molecule has 2 saturated heterocycles. The van der Waals surface area contributed by atoms with Gasteiger partial charge in [0.25, 0.3) is 0 Å². The number of benzene rings is 1. The maximum absolute atomic E-state index is 13.2. The van der Waals surface area contributed by atoms with Gasteiger partial charge in [0.05, 0.1) is 5.92 Å². The molecule has 10 heteroatoms. The second-order valence-electron chi connectivity index (χ2n) is 8.82. The number of hydrogen-bond acceptors (Lipinski definition) is 7. The summed E-state index contributed by atoms with van der Waals surface area (Å²) in [4.78, 5) is 35.3. The first-order valence-corrected chi connectivity index (χ1v) is 11.6. The molecule has 2 aliphatic heterocycles. The fourth-order valence-electron chi connectivity index (χ4n) is 4.39. The Labute approximate surface area is 202 Å². The number of anilines is 4. The summed E-state index contributed by atoms with van der Waals surface area (Å²) in [7, 11) is 0. The summed E-state index contributed by atoms with van der Waals surface area (Å²) in [5.41, 5.74) is 1.70. The van der Waals surface area contributed by atoms with Crippen molar-refractivity contribution in [1.29, 1.82) is 0 Å². The predicted molar refractivity (Wildman–Crippen MR) is 130 cm³/mol. The lowest BCUT2D eigenvalue weighted by atomic mass is 10.1. The summed E-state index contributed by atoms with van der Waals surface area (Å²) in [5, 5.41) is 11.7. The van der Waals surface area contributed by atoms with E-state index in [9.17, 15) is 14.0 Å². The van der Waals surface area contributed by atoms with Gasteiger partial charge in [0.15, 0.2) is 11.6 Å². The Kier molecular flexibility index (Phi) is 6.26. The third kappa shape index (κ3) is 5.06. The number of carbonyl (C=O) groups excluding carboxylic acids is 2. The van der Waals surface area contributed by atoms with Crippen LogP contribution in [0.15, 0.2) is 54.7 Å². The number of hydrogen-bond donors (Lipinski definition) is 1. The van der Waals surface area contributed by atoms with Gasteiger partial charge in [0.2, 0.25) is 11.8 Å². The van der Waals surface area contributed by atoms with Crippen molar-refractivity contribution in [3.05, 3.63) is 66.1 Å². The molecule has 0 saturated carbocycles. The first kappa shape index (κ1) is 22.7. The van der Waals surface area contributed by atoms with Crippen LogP contribution in [0.3, 0.4) is 0 Å². The Hall–Kier alpha value is -4.08. The highest BCUT2D eigenvalue weighted by atomic mass is 19.1. The van der Waals surface area contributed by atoms with E-state index >= 15 is 0 Å². The molecule has 2 aromatic heterocycles. The van der Waals surface area contributed by atoms with E-state index < -0.39 is 0 Å². The first-order chi connectivity index (χ1) is 17.0. The Balaban J connectivity index is 1.14. The van der Waals surface area contributed by atoms with Crippen molar-refractivity contribution >= 4 is 35.0 Å². The van der Waals surface area contributed by atoms with E-state index in [0.29, 0.717) is 50.0 Å². The first-order valence-electron chi connectivity index (χ1n) is 11.6. The van der Waals surface area contributed by atoms with Crippen LogP contribution in [-0.2, 0) is 9.59 Å². The van der Waals surface area contributed by atoms with Crippen LogP contribution in [0.25, 0.3) is 0 Å². The molecule has 0 spiro atoms. The maximum atomic E-state index is 13.2. The molecule has 0 bridgehead atoms. The van der Waals surface area contributed by atoms with E-state index in [1.165, 1.54) is 12.1 Å². The second kappa shape index (κ2) is 9.65. The smallest absolute Gasteiger partial charge is 0.228 e. The summed E-state index contributed by atoms with van der Waals surface area (Å²) in [6.45, 7) is 4.67. The molecule has 35 heavy (non-hydrogen) atoms. The zero-order valence-electron chi connectivity index (χ0n) is 19.4. The second-order valence-corrected chi connectivity index (χ2v) is 8.82. The van der Waals surface area contributed by atoms with E-state index in [2.05, 4.69) is 25.4 Å². The number of halogens is 1. The van der Waals surface area contributed by atoms with Gasteiger partial charge in [-0.3, -0.25) is 9.59 Å². The lowest BCUT2D eigenvalue weighted by molar-refractivity contribution is -0.136. The van der Waals surface area contributed by atoms with Crippen LogP contribution in [0.2, 0.25) is 0 Å². The largest absolute Gasteiger partial charge is 0.352 e. The highest BCUT2D eigenvalue weighted by molar-refractivity contribution is 6.00. The summed E-state index contributed by atoms with van der Waals surface area (Å²) in [6, 6.07) is 13.4. The zero-order valence-corrected chi connectivity index (χ0v) is 19.4. The van der Waals surface area contributed by atoms with E-state index in [1.54, 1.807) is 23.2 Å². The molecule has 5 rings (SSSR count). The van der Waals surface area contributed by atoms with Crippen molar-refractivity contribution in [3.63, 3.8) is 0 Å². The number of piperazine rings is 1. The molecule has 4 heterocycles. The van der Waals surface area contributed by atoms with Crippen LogP contribution >= 0.6 is 0 Å². The van der Waals surface area contributed by atoms with Crippen molar-refractivity contribution in [2.75, 3.05) is 47.8 Å². The Morgan fingerprint density at radius 2 is 1.71 bits per heavy atom. The molecule has 0 aliphatic carbocycles. The standard InChI is InChI=1S/C25H26FN7O2/c1-17-2-7-21(27-15-17)28-22-8-9-23(30-29-22)31-10-12-32(13-11-31)25(35)18-14-24(34)33(16-18)20-5-3-19(26)4-6-20/h2-9,15,18H,10-14,16H2,1H3,(H,27,28,29). The summed E-state index contributed by atoms with van der Waals surface area (Å²) < 4.78 is 13.2. The quantitative estimate of drug-likeness (QED) is 0.606. The summed E-state index contributed by atoms with van der Waals surface area (Å²) in [5.74, 6) is 1.18. The van der Waals surface area contributed by atoms with E-state index in [1.807, 2.05) is 36.1 Å². The molecule has 2 amide bonds. The number of rotatable bonds is 5. The average molecular weight is 476 g/mol. The minimum atomic E-state index is -0.389. The highest BCUT2D eigenvalue weighted by Crippen LogP contribution is 2.27. The monoisotopic (exact) mass is 475 g/mol. The third-order valence-corrected chi connectivity index (χ3v) is 6.35.